The van der Waals surface area contributed by atoms with Crippen molar-refractivity contribution in [2.24, 2.45) is 0 Å². The Bertz CT molecular complexity index is 1290. The van der Waals surface area contributed by atoms with Crippen LogP contribution in [0.1, 0.15) is 258 Å². The van der Waals surface area contributed by atoms with E-state index in [1.807, 2.05) is 0 Å². The lowest BCUT2D eigenvalue weighted by atomic mass is 10.1. The van der Waals surface area contributed by atoms with Gasteiger partial charge in [0.05, 0.1) is 0 Å². The third kappa shape index (κ3) is 51.6. The molecule has 0 saturated heterocycles. The second-order valence-electron chi connectivity index (χ2n) is 18.1. The van der Waals surface area contributed by atoms with Crippen LogP contribution in [0.3, 0.4) is 0 Å². The van der Waals surface area contributed by atoms with Gasteiger partial charge in [-0.1, -0.05) is 228 Å². The first-order valence-electron chi connectivity index (χ1n) is 27.6. The molecule has 378 valence electrons. The summed E-state index contributed by atoms with van der Waals surface area (Å²) in [5.74, 6) is -0.916. The van der Waals surface area contributed by atoms with Gasteiger partial charge in [-0.2, -0.15) is 0 Å². The lowest BCUT2D eigenvalue weighted by Gasteiger charge is -2.18. The maximum atomic E-state index is 12.8. The van der Waals surface area contributed by atoms with Gasteiger partial charge in [0.2, 0.25) is 0 Å². The maximum absolute atomic E-state index is 12.8. The van der Waals surface area contributed by atoms with Crippen molar-refractivity contribution in [2.75, 3.05) is 13.2 Å². The minimum Gasteiger partial charge on any atom is -0.462 e. The van der Waals surface area contributed by atoms with Crippen molar-refractivity contribution in [1.82, 2.24) is 0 Å². The molecule has 0 spiro atoms. The molecule has 1 atom stereocenters. The fourth-order valence-corrected chi connectivity index (χ4v) is 7.50. The van der Waals surface area contributed by atoms with Crippen LogP contribution < -0.4 is 0 Å². The molecule has 0 aliphatic carbocycles. The van der Waals surface area contributed by atoms with Crippen molar-refractivity contribution < 1.29 is 28.6 Å². The fraction of sp³-hybridized carbons (Fsp3) is 0.717. The van der Waals surface area contributed by atoms with Gasteiger partial charge < -0.3 is 14.2 Å². The summed E-state index contributed by atoms with van der Waals surface area (Å²) in [5.41, 5.74) is 0. The topological polar surface area (TPSA) is 78.9 Å². The van der Waals surface area contributed by atoms with Gasteiger partial charge in [0.15, 0.2) is 6.10 Å². The number of rotatable bonds is 49. The normalized spacial score (nSPS) is 12.7. The predicted molar refractivity (Wildman–Crippen MR) is 284 cm³/mol. The molecule has 0 radical (unpaired) electrons. The summed E-state index contributed by atoms with van der Waals surface area (Å²) in [6, 6.07) is 0. The zero-order valence-electron chi connectivity index (χ0n) is 43.2. The van der Waals surface area contributed by atoms with Crippen molar-refractivity contribution in [3.63, 3.8) is 0 Å². The standard InChI is InChI=1S/C60H102O6/c1-4-7-10-13-16-19-21-23-25-27-29-30-32-33-35-37-39-41-44-47-50-53-59(62)65-56-57(55-64-58(61)52-49-46-43-18-15-12-9-6-3)66-60(63)54-51-48-45-42-40-38-36-34-31-28-26-24-22-20-17-14-11-8-5-2/h8,11,17,20-21,23-24,26-27,29,31-34,57H,4-7,9-10,12-16,18-19,22,25,28,30,35-56H2,1-3H3/b11-8-,20-17-,23-21-,26-24-,29-27-,33-32-,34-31-. The third-order valence-corrected chi connectivity index (χ3v) is 11.6. The number of hydrogen-bond donors (Lipinski definition) is 0. The molecule has 6 heteroatoms. The second kappa shape index (κ2) is 54.2. The Balaban J connectivity index is 4.32. The summed E-state index contributed by atoms with van der Waals surface area (Å²) in [6.45, 7) is 6.47. The Kier molecular flexibility index (Phi) is 51.4. The molecule has 6 nitrogen and oxygen atoms in total. The fourth-order valence-electron chi connectivity index (χ4n) is 7.50. The molecule has 0 aromatic carbocycles. The Labute approximate surface area is 407 Å². The molecule has 0 heterocycles. The number of allylic oxidation sites excluding steroid dienone is 14. The monoisotopic (exact) mass is 919 g/mol. The van der Waals surface area contributed by atoms with Gasteiger partial charge >= 0.3 is 17.9 Å². The first kappa shape index (κ1) is 62.6. The molecule has 0 aliphatic heterocycles. The molecular weight excluding hydrogens is 817 g/mol. The van der Waals surface area contributed by atoms with Crippen LogP contribution in [0.25, 0.3) is 0 Å². The maximum Gasteiger partial charge on any atom is 0.306 e. The van der Waals surface area contributed by atoms with Gasteiger partial charge in [0.1, 0.15) is 13.2 Å². The summed E-state index contributed by atoms with van der Waals surface area (Å²) >= 11 is 0. The summed E-state index contributed by atoms with van der Waals surface area (Å²) in [5, 5.41) is 0. The molecule has 0 fully saturated rings. The highest BCUT2D eigenvalue weighted by molar-refractivity contribution is 5.71. The average molecular weight is 919 g/mol. The lowest BCUT2D eigenvalue weighted by molar-refractivity contribution is -0.167. The molecule has 0 amide bonds. The van der Waals surface area contributed by atoms with E-state index in [1.54, 1.807) is 0 Å². The largest absolute Gasteiger partial charge is 0.462 e. The quantitative estimate of drug-likeness (QED) is 0.0262. The van der Waals surface area contributed by atoms with E-state index in [0.717, 1.165) is 116 Å². The molecule has 0 saturated carbocycles. The highest BCUT2D eigenvalue weighted by atomic mass is 16.6. The van der Waals surface area contributed by atoms with Crippen LogP contribution in [0.4, 0.5) is 0 Å². The van der Waals surface area contributed by atoms with Gasteiger partial charge in [-0.3, -0.25) is 14.4 Å². The molecule has 0 aromatic rings. The minimum absolute atomic E-state index is 0.0863. The van der Waals surface area contributed by atoms with Crippen molar-refractivity contribution >= 4 is 17.9 Å². The first-order chi connectivity index (χ1) is 32.5. The van der Waals surface area contributed by atoms with E-state index >= 15 is 0 Å². The van der Waals surface area contributed by atoms with E-state index in [4.69, 9.17) is 14.2 Å². The zero-order valence-corrected chi connectivity index (χ0v) is 43.2. The summed E-state index contributed by atoms with van der Waals surface area (Å²) in [7, 11) is 0. The van der Waals surface area contributed by atoms with Gasteiger partial charge in [-0.05, 0) is 96.3 Å². The van der Waals surface area contributed by atoms with Gasteiger partial charge in [-0.25, -0.2) is 0 Å². The van der Waals surface area contributed by atoms with Crippen LogP contribution in [0.2, 0.25) is 0 Å². The van der Waals surface area contributed by atoms with Crippen LogP contribution in [0.15, 0.2) is 85.1 Å². The first-order valence-corrected chi connectivity index (χ1v) is 27.6. The van der Waals surface area contributed by atoms with Crippen LogP contribution >= 0.6 is 0 Å². The molecule has 1 unspecified atom stereocenters. The molecular formula is C60H102O6. The van der Waals surface area contributed by atoms with Crippen molar-refractivity contribution in [3.8, 4) is 0 Å². The van der Waals surface area contributed by atoms with E-state index < -0.39 is 6.10 Å². The molecule has 0 aliphatic rings. The molecule has 0 bridgehead atoms. The van der Waals surface area contributed by atoms with Crippen molar-refractivity contribution in [3.05, 3.63) is 85.1 Å². The summed E-state index contributed by atoms with van der Waals surface area (Å²) in [4.78, 5) is 38.0. The molecule has 66 heavy (non-hydrogen) atoms. The van der Waals surface area contributed by atoms with Crippen LogP contribution in [0.5, 0.6) is 0 Å². The number of carbonyl (C=O) groups excluding carboxylic acids is 3. The number of unbranched alkanes of at least 4 members (excludes halogenated alkanes) is 24. The lowest BCUT2D eigenvalue weighted by Crippen LogP contribution is -2.30. The highest BCUT2D eigenvalue weighted by Crippen LogP contribution is 2.14. The number of hydrogen-bond acceptors (Lipinski definition) is 6. The summed E-state index contributed by atoms with van der Waals surface area (Å²) in [6.07, 6.45) is 70.1. The third-order valence-electron chi connectivity index (χ3n) is 11.6. The van der Waals surface area contributed by atoms with E-state index in [-0.39, 0.29) is 31.1 Å². The average Bonchev–Trinajstić information content (AvgIpc) is 3.31. The SMILES string of the molecule is CC/C=C\C/C=C\C/C=C\C/C=C\CCCCCCCCC(=O)OC(COC(=O)CCCCCCCC/C=C\C/C=C\C/C=C\CCCCCCC)COC(=O)CCCCCCCCCC. The second-order valence-corrected chi connectivity index (χ2v) is 18.1. The van der Waals surface area contributed by atoms with E-state index in [0.29, 0.717) is 19.3 Å². The Hall–Kier alpha value is -3.41. The van der Waals surface area contributed by atoms with Gasteiger partial charge in [-0.15, -0.1) is 0 Å². The van der Waals surface area contributed by atoms with Gasteiger partial charge in [0, 0.05) is 19.3 Å². The molecule has 0 rings (SSSR count). The summed E-state index contributed by atoms with van der Waals surface area (Å²) < 4.78 is 16.8. The number of esters is 3. The number of carbonyl (C=O) groups is 3. The van der Waals surface area contributed by atoms with Crippen molar-refractivity contribution in [2.45, 2.75) is 264 Å². The Morgan fingerprint density at radius 2 is 0.591 bits per heavy atom. The van der Waals surface area contributed by atoms with E-state index in [9.17, 15) is 14.4 Å². The van der Waals surface area contributed by atoms with Crippen LogP contribution in [-0.2, 0) is 28.6 Å². The van der Waals surface area contributed by atoms with Crippen LogP contribution in [-0.4, -0.2) is 37.2 Å². The van der Waals surface area contributed by atoms with E-state index in [1.165, 1.54) is 103 Å². The number of ether oxygens (including phenoxy) is 3. The highest BCUT2D eigenvalue weighted by Gasteiger charge is 2.19. The molecule has 0 N–H and O–H groups in total. The Morgan fingerprint density at radius 3 is 0.924 bits per heavy atom. The zero-order chi connectivity index (χ0) is 47.9. The van der Waals surface area contributed by atoms with Crippen LogP contribution in [0, 0.1) is 0 Å². The van der Waals surface area contributed by atoms with Crippen molar-refractivity contribution in [1.29, 1.82) is 0 Å². The molecule has 0 aromatic heterocycles. The smallest absolute Gasteiger partial charge is 0.306 e. The van der Waals surface area contributed by atoms with Gasteiger partial charge in [0.25, 0.3) is 0 Å². The predicted octanol–water partition coefficient (Wildman–Crippen LogP) is 18.4. The Morgan fingerprint density at radius 1 is 0.318 bits per heavy atom. The minimum atomic E-state index is -0.788. The van der Waals surface area contributed by atoms with E-state index in [2.05, 4.69) is 106 Å².